The van der Waals surface area contributed by atoms with Crippen LogP contribution in [0.4, 0.5) is 5.69 Å². The summed E-state index contributed by atoms with van der Waals surface area (Å²) in [5, 5.41) is 8.87. The summed E-state index contributed by atoms with van der Waals surface area (Å²) in [6.07, 6.45) is 0. The Morgan fingerprint density at radius 2 is 2.00 bits per heavy atom. The van der Waals surface area contributed by atoms with Crippen molar-refractivity contribution in [1.82, 2.24) is 0 Å². The molecule has 1 amide bonds. The van der Waals surface area contributed by atoms with E-state index in [0.29, 0.717) is 11.3 Å². The Hall–Kier alpha value is -2.17. The van der Waals surface area contributed by atoms with Crippen molar-refractivity contribution in [3.8, 4) is 0 Å². The number of carboxylic acid groups (broad SMARTS) is 1. The molecule has 1 aliphatic heterocycles. The molecule has 106 valence electrons. The molecule has 1 heterocycles. The van der Waals surface area contributed by atoms with Gasteiger partial charge in [0.2, 0.25) is 5.91 Å². The van der Waals surface area contributed by atoms with Gasteiger partial charge in [0.15, 0.2) is 5.78 Å². The average Bonchev–Trinajstić information content (AvgIpc) is 2.62. The number of carboxylic acids is 1. The number of hydrogen-bond acceptors (Lipinski definition) is 3. The van der Waals surface area contributed by atoms with Crippen LogP contribution in [0, 0.1) is 5.92 Å². The second kappa shape index (κ2) is 5.07. The van der Waals surface area contributed by atoms with Gasteiger partial charge in [-0.3, -0.25) is 14.4 Å². The van der Waals surface area contributed by atoms with Crippen molar-refractivity contribution in [1.29, 1.82) is 0 Å². The Labute approximate surface area is 117 Å². The zero-order valence-corrected chi connectivity index (χ0v) is 11.7. The second-order valence-corrected chi connectivity index (χ2v) is 5.33. The van der Waals surface area contributed by atoms with E-state index in [0.717, 1.165) is 5.56 Å². The molecule has 20 heavy (non-hydrogen) atoms. The van der Waals surface area contributed by atoms with Crippen LogP contribution in [-0.2, 0) is 9.59 Å². The number of amides is 1. The molecule has 0 saturated carbocycles. The first-order valence-electron chi connectivity index (χ1n) is 6.54. The summed E-state index contributed by atoms with van der Waals surface area (Å²) in [5.74, 6) is -1.80. The molecule has 0 spiro atoms. The highest BCUT2D eigenvalue weighted by Gasteiger charge is 2.35. The van der Waals surface area contributed by atoms with Gasteiger partial charge in [-0.2, -0.15) is 0 Å². The average molecular weight is 275 g/mol. The first kappa shape index (κ1) is 14.2. The lowest BCUT2D eigenvalue weighted by Crippen LogP contribution is -2.33. The summed E-state index contributed by atoms with van der Waals surface area (Å²) in [5.41, 5.74) is 1.88. The minimum absolute atomic E-state index is 0.0177. The van der Waals surface area contributed by atoms with E-state index in [-0.39, 0.29) is 24.2 Å². The number of fused-ring (bicyclic) bond motifs is 1. The molecule has 0 aromatic heterocycles. The van der Waals surface area contributed by atoms with Gasteiger partial charge in [-0.05, 0) is 30.7 Å². The number of aliphatic carboxylic acids is 1. The molecule has 2 rings (SSSR count). The van der Waals surface area contributed by atoms with E-state index in [9.17, 15) is 14.4 Å². The van der Waals surface area contributed by atoms with Crippen molar-refractivity contribution >= 4 is 23.3 Å². The number of carbonyl (C=O) groups is 3. The Bertz CT molecular complexity index is 592. The lowest BCUT2D eigenvalue weighted by Gasteiger charge is -2.15. The van der Waals surface area contributed by atoms with Gasteiger partial charge in [-0.1, -0.05) is 13.8 Å². The lowest BCUT2D eigenvalue weighted by molar-refractivity contribution is -0.136. The smallest absolute Gasteiger partial charge is 0.323 e. The van der Waals surface area contributed by atoms with Crippen LogP contribution < -0.4 is 4.90 Å². The predicted molar refractivity (Wildman–Crippen MR) is 74.0 cm³/mol. The number of rotatable bonds is 4. The number of nitrogens with zero attached hydrogens (tertiary/aromatic N) is 1. The first-order valence-corrected chi connectivity index (χ1v) is 6.54. The second-order valence-electron chi connectivity index (χ2n) is 5.33. The van der Waals surface area contributed by atoms with Crippen LogP contribution in [0.3, 0.4) is 0 Å². The summed E-state index contributed by atoms with van der Waals surface area (Å²) in [6.45, 7) is 5.02. The normalized spacial score (nSPS) is 17.5. The minimum atomic E-state index is -1.05. The highest BCUT2D eigenvalue weighted by atomic mass is 16.4. The van der Waals surface area contributed by atoms with Crippen molar-refractivity contribution < 1.29 is 19.5 Å². The fraction of sp³-hybridized carbons (Fsp3) is 0.400. The van der Waals surface area contributed by atoms with Crippen LogP contribution in [0.5, 0.6) is 0 Å². The third kappa shape index (κ3) is 2.31. The lowest BCUT2D eigenvalue weighted by atomic mass is 9.95. The van der Waals surface area contributed by atoms with E-state index < -0.39 is 11.9 Å². The van der Waals surface area contributed by atoms with Crippen LogP contribution in [0.2, 0.25) is 0 Å². The molecule has 0 bridgehead atoms. The molecule has 1 unspecified atom stereocenters. The number of Topliss-reactive ketones (excluding diaryl/α,β-unsaturated/α-hetero) is 1. The van der Waals surface area contributed by atoms with Crippen molar-refractivity contribution in [2.24, 2.45) is 5.92 Å². The van der Waals surface area contributed by atoms with Crippen molar-refractivity contribution in [3.63, 3.8) is 0 Å². The van der Waals surface area contributed by atoms with Crippen molar-refractivity contribution in [3.05, 3.63) is 29.3 Å². The van der Waals surface area contributed by atoms with Crippen LogP contribution in [0.15, 0.2) is 18.2 Å². The molecular weight excluding hydrogens is 258 g/mol. The molecule has 5 heteroatoms. The summed E-state index contributed by atoms with van der Waals surface area (Å²) in [6, 6.07) is 5.03. The van der Waals surface area contributed by atoms with Gasteiger partial charge in [-0.15, -0.1) is 0 Å². The van der Waals surface area contributed by atoms with Gasteiger partial charge in [0, 0.05) is 17.2 Å². The molecule has 1 aromatic carbocycles. The highest BCUT2D eigenvalue weighted by molar-refractivity contribution is 6.08. The summed E-state index contributed by atoms with van der Waals surface area (Å²) in [7, 11) is 0. The third-order valence-electron chi connectivity index (χ3n) is 3.52. The van der Waals surface area contributed by atoms with E-state index in [2.05, 4.69) is 0 Å². The Morgan fingerprint density at radius 3 is 2.55 bits per heavy atom. The van der Waals surface area contributed by atoms with Gasteiger partial charge in [-0.25, -0.2) is 0 Å². The monoisotopic (exact) mass is 275 g/mol. The Balaban J connectivity index is 2.43. The first-order chi connectivity index (χ1) is 9.32. The fourth-order valence-electron chi connectivity index (χ4n) is 2.42. The van der Waals surface area contributed by atoms with E-state index >= 15 is 0 Å². The molecule has 0 radical (unpaired) electrons. The molecule has 1 atom stereocenters. The van der Waals surface area contributed by atoms with Gasteiger partial charge in [0.05, 0.1) is 5.92 Å². The molecule has 0 aliphatic carbocycles. The van der Waals surface area contributed by atoms with Crippen molar-refractivity contribution in [2.75, 3.05) is 11.4 Å². The molecule has 1 aliphatic rings. The maximum absolute atomic E-state index is 12.1. The summed E-state index contributed by atoms with van der Waals surface area (Å²) >= 11 is 0. The molecular formula is C15H17NO4. The third-order valence-corrected chi connectivity index (χ3v) is 3.52. The Kier molecular flexibility index (Phi) is 3.61. The molecule has 1 N–H and O–H groups in total. The van der Waals surface area contributed by atoms with Crippen LogP contribution in [-0.4, -0.2) is 29.3 Å². The molecule has 0 saturated heterocycles. The number of hydrogen-bond donors (Lipinski definition) is 1. The van der Waals surface area contributed by atoms with Crippen LogP contribution in [0.1, 0.15) is 42.6 Å². The SMILES string of the molecule is CC(C)C(=O)c1ccc2c(c1)C(C)C(=O)N2CC(=O)O. The summed E-state index contributed by atoms with van der Waals surface area (Å²) in [4.78, 5) is 36.2. The van der Waals surface area contributed by atoms with Gasteiger partial charge >= 0.3 is 5.97 Å². The van der Waals surface area contributed by atoms with E-state index in [1.807, 2.05) is 13.8 Å². The standard InChI is InChI=1S/C15H17NO4/c1-8(2)14(19)10-4-5-12-11(6-10)9(3)15(20)16(12)7-13(17)18/h4-6,8-9H,7H2,1-3H3,(H,17,18). The zero-order chi connectivity index (χ0) is 15.0. The van der Waals surface area contributed by atoms with E-state index in [4.69, 9.17) is 5.11 Å². The van der Waals surface area contributed by atoms with Crippen LogP contribution in [0.25, 0.3) is 0 Å². The minimum Gasteiger partial charge on any atom is -0.480 e. The Morgan fingerprint density at radius 1 is 1.35 bits per heavy atom. The summed E-state index contributed by atoms with van der Waals surface area (Å²) < 4.78 is 0. The van der Waals surface area contributed by atoms with Gasteiger partial charge in [0.1, 0.15) is 6.54 Å². The largest absolute Gasteiger partial charge is 0.480 e. The number of benzene rings is 1. The molecule has 5 nitrogen and oxygen atoms in total. The zero-order valence-electron chi connectivity index (χ0n) is 11.7. The molecule has 0 fully saturated rings. The number of anilines is 1. The van der Waals surface area contributed by atoms with E-state index in [1.165, 1.54) is 4.90 Å². The van der Waals surface area contributed by atoms with Crippen LogP contribution >= 0.6 is 0 Å². The number of carbonyl (C=O) groups excluding carboxylic acids is 2. The highest BCUT2D eigenvalue weighted by Crippen LogP contribution is 2.37. The number of ketones is 1. The van der Waals surface area contributed by atoms with Gasteiger partial charge < -0.3 is 10.0 Å². The maximum atomic E-state index is 12.1. The predicted octanol–water partition coefficient (Wildman–Crippen LogP) is 2.06. The van der Waals surface area contributed by atoms with Gasteiger partial charge in [0.25, 0.3) is 0 Å². The maximum Gasteiger partial charge on any atom is 0.323 e. The van der Waals surface area contributed by atoms with E-state index in [1.54, 1.807) is 25.1 Å². The fourth-order valence-corrected chi connectivity index (χ4v) is 2.42. The van der Waals surface area contributed by atoms with Crippen molar-refractivity contribution in [2.45, 2.75) is 26.7 Å². The quantitative estimate of drug-likeness (QED) is 0.853. The molecule has 1 aromatic rings. The topological polar surface area (TPSA) is 74.7 Å².